The maximum Gasteiger partial charge on any atom is 0.226 e. The van der Waals surface area contributed by atoms with Crippen molar-refractivity contribution in [2.75, 3.05) is 0 Å². The van der Waals surface area contributed by atoms with Crippen molar-refractivity contribution in [2.24, 2.45) is 0 Å². The summed E-state index contributed by atoms with van der Waals surface area (Å²) < 4.78 is 0. The number of halogens is 3. The van der Waals surface area contributed by atoms with Crippen LogP contribution in [-0.4, -0.2) is 37.0 Å². The average Bonchev–Trinajstić information content (AvgIpc) is 2.26. The van der Waals surface area contributed by atoms with E-state index in [4.69, 9.17) is 40.1 Å². The molecule has 0 spiro atoms. The number of nitrogens with one attached hydrogen (secondary N) is 1. The average molecular weight is 318 g/mol. The van der Waals surface area contributed by atoms with Gasteiger partial charge >= 0.3 is 62.7 Å². The summed E-state index contributed by atoms with van der Waals surface area (Å²) in [6, 6.07) is 0. The fourth-order valence-corrected chi connectivity index (χ4v) is 1.61. The van der Waals surface area contributed by atoms with Gasteiger partial charge in [-0.2, -0.15) is 4.98 Å². The molecule has 0 aliphatic rings. The van der Waals surface area contributed by atoms with Gasteiger partial charge in [0.25, 0.3) is 0 Å². The van der Waals surface area contributed by atoms with E-state index in [9.17, 15) is 0 Å². The van der Waals surface area contributed by atoms with Gasteiger partial charge in [-0.3, -0.25) is 0 Å². The number of hydrogen-bond acceptors (Lipinski definition) is 7. The van der Waals surface area contributed by atoms with E-state index in [1.54, 1.807) is 13.8 Å². The van der Waals surface area contributed by atoms with Crippen LogP contribution in [0.25, 0.3) is 0 Å². The van der Waals surface area contributed by atoms with Gasteiger partial charge in [0.1, 0.15) is 5.82 Å². The Labute approximate surface area is 124 Å². The molecule has 2 heterocycles. The Balaban J connectivity index is 0.000000191. The molecule has 0 aliphatic heterocycles. The minimum Gasteiger partial charge on any atom is -0.203 e. The quantitative estimate of drug-likeness (QED) is 0.798. The summed E-state index contributed by atoms with van der Waals surface area (Å²) in [7, 11) is 1.03. The summed E-state index contributed by atoms with van der Waals surface area (Å²) in [5, 5.41) is 7.20. The zero-order valence-corrected chi connectivity index (χ0v) is 12.2. The van der Waals surface area contributed by atoms with Crippen LogP contribution in [0.15, 0.2) is 0 Å². The molecule has 7 nitrogen and oxygen atoms in total. The van der Waals surface area contributed by atoms with E-state index in [0.717, 1.165) is 7.07 Å². The number of aromatic nitrogens is 6. The number of nitrogens with zero attached hydrogens (tertiary/aromatic N) is 6. The normalized spacial score (nSPS) is 9.32. The molecule has 0 saturated carbocycles. The second-order valence-electron chi connectivity index (χ2n) is 3.07. The van der Waals surface area contributed by atoms with Crippen molar-refractivity contribution in [3.63, 3.8) is 0 Å². The maximum atomic E-state index is 6.80. The molecule has 0 aliphatic carbocycles. The molecule has 2 aromatic rings. The third-order valence-electron chi connectivity index (χ3n) is 1.56. The molecule has 11 heteroatoms. The minimum atomic E-state index is 0.131. The van der Waals surface area contributed by atoms with Gasteiger partial charge in [0.2, 0.25) is 10.6 Å². The van der Waals surface area contributed by atoms with Crippen LogP contribution in [0.3, 0.4) is 0 Å². The van der Waals surface area contributed by atoms with Gasteiger partial charge in [-0.25, -0.2) is 9.97 Å². The van der Waals surface area contributed by atoms with Crippen molar-refractivity contribution < 1.29 is 0 Å². The number of aryl methyl sites for hydroxylation is 2. The molecule has 19 heavy (non-hydrogen) atoms. The summed E-state index contributed by atoms with van der Waals surface area (Å²) in [6.07, 6.45) is 0. The first kappa shape index (κ1) is 15.8. The molecule has 0 fully saturated rings. The first-order valence-corrected chi connectivity index (χ1v) is 5.96. The third kappa shape index (κ3) is 5.95. The van der Waals surface area contributed by atoms with Crippen molar-refractivity contribution >= 4 is 47.6 Å². The Morgan fingerprint density at radius 1 is 0.737 bits per heavy atom. The van der Waals surface area contributed by atoms with Gasteiger partial charge in [-0.05, 0) is 30.1 Å². The van der Waals surface area contributed by atoms with Gasteiger partial charge in [0, 0.05) is 0 Å². The molecule has 0 saturated heterocycles. The molecule has 2 aromatic heterocycles. The third-order valence-corrected chi connectivity index (χ3v) is 2.07. The van der Waals surface area contributed by atoms with Crippen LogP contribution in [-0.2, 0) is 0 Å². The molecule has 98 valence electrons. The first-order valence-electron chi connectivity index (χ1n) is 4.83. The Bertz CT molecular complexity index is 524. The second kappa shape index (κ2) is 7.37. The summed E-state index contributed by atoms with van der Waals surface area (Å²) in [6.45, 7) is 3.39. The van der Waals surface area contributed by atoms with E-state index in [-0.39, 0.29) is 21.6 Å². The molecule has 0 radical (unpaired) electrons. The largest absolute Gasteiger partial charge is 0.226 e. The molecule has 1 N–H and O–H groups in total. The Kier molecular flexibility index (Phi) is 6.13. The van der Waals surface area contributed by atoms with Crippen LogP contribution in [0.4, 0.5) is 0 Å². The van der Waals surface area contributed by atoms with Gasteiger partial charge in [0.05, 0.1) is 0 Å². The second-order valence-corrected chi connectivity index (χ2v) is 4.09. The van der Waals surface area contributed by atoms with E-state index < -0.39 is 0 Å². The maximum absolute atomic E-state index is 6.80. The molecule has 2 rings (SSSR count). The molecular formula is C8H7BCl3N7. The zero-order valence-electron chi connectivity index (χ0n) is 9.89. The van der Waals surface area contributed by atoms with Crippen LogP contribution in [0, 0.1) is 19.2 Å². The smallest absolute Gasteiger partial charge is 0.203 e. The van der Waals surface area contributed by atoms with E-state index in [2.05, 4.69) is 29.9 Å². The van der Waals surface area contributed by atoms with Gasteiger partial charge in [-0.1, -0.05) is 0 Å². The predicted molar refractivity (Wildman–Crippen MR) is 72.3 cm³/mol. The van der Waals surface area contributed by atoms with Crippen molar-refractivity contribution in [2.45, 2.75) is 13.8 Å². The molecule has 0 amide bonds. The van der Waals surface area contributed by atoms with E-state index in [1.165, 1.54) is 0 Å². The van der Waals surface area contributed by atoms with E-state index >= 15 is 0 Å². The van der Waals surface area contributed by atoms with Gasteiger partial charge in [0.15, 0.2) is 0 Å². The standard InChI is InChI=1S/C4H4BClN4.C4H3Cl2N3/c1-2-8-3(5-7)10-4(6)9-2;1-2-7-3(5)9-4(6)8-2/h7H,1H3;1H3. The molecule has 0 unspecified atom stereocenters. The van der Waals surface area contributed by atoms with Gasteiger partial charge in [-0.15, -0.1) is 0 Å². The molecule has 0 aromatic carbocycles. The fraction of sp³-hybridized carbons (Fsp3) is 0.250. The van der Waals surface area contributed by atoms with Crippen LogP contribution in [0.2, 0.25) is 15.9 Å². The SMILES string of the molecule is Cc1nc(Cl)nc(B=N)n1.Cc1nc(Cl)nc(Cl)n1. The zero-order chi connectivity index (χ0) is 14.4. The van der Waals surface area contributed by atoms with Crippen LogP contribution >= 0.6 is 34.8 Å². The summed E-state index contributed by atoms with van der Waals surface area (Å²) in [5.74, 6) is 1.05. The van der Waals surface area contributed by atoms with Crippen LogP contribution in [0.5, 0.6) is 0 Å². The number of hydrogen-bond donors (Lipinski definition) is 1. The Hall–Kier alpha value is -1.25. The summed E-state index contributed by atoms with van der Waals surface area (Å²) in [5.41, 5.74) is 0.289. The van der Waals surface area contributed by atoms with E-state index in [1.807, 2.05) is 0 Å². The minimum absolute atomic E-state index is 0.131. The van der Waals surface area contributed by atoms with Crippen LogP contribution < -0.4 is 5.72 Å². The van der Waals surface area contributed by atoms with Crippen molar-refractivity contribution in [1.29, 1.82) is 5.31 Å². The van der Waals surface area contributed by atoms with Crippen LogP contribution in [0.1, 0.15) is 11.6 Å². The van der Waals surface area contributed by atoms with Crippen molar-refractivity contribution in [3.05, 3.63) is 27.5 Å². The molecular weight excluding hydrogens is 311 g/mol. The summed E-state index contributed by atoms with van der Waals surface area (Å²) >= 11 is 16.3. The monoisotopic (exact) mass is 317 g/mol. The van der Waals surface area contributed by atoms with Crippen molar-refractivity contribution in [1.82, 2.24) is 29.9 Å². The molecule has 0 atom stereocenters. The number of rotatable bonds is 1. The Morgan fingerprint density at radius 3 is 1.53 bits per heavy atom. The summed E-state index contributed by atoms with van der Waals surface area (Å²) in [4.78, 5) is 22.1. The van der Waals surface area contributed by atoms with Gasteiger partial charge < -0.3 is 0 Å². The fourth-order valence-electron chi connectivity index (χ4n) is 0.952. The Morgan fingerprint density at radius 2 is 1.16 bits per heavy atom. The van der Waals surface area contributed by atoms with E-state index in [0.29, 0.717) is 11.6 Å². The topological polar surface area (TPSA) is 101 Å². The molecule has 0 bridgehead atoms. The first-order chi connectivity index (χ1) is 8.90. The predicted octanol–water partition coefficient (Wildman–Crippen LogP) is 1.41. The van der Waals surface area contributed by atoms with Crippen molar-refractivity contribution in [3.8, 4) is 0 Å².